The van der Waals surface area contributed by atoms with Crippen LogP contribution in [-0.2, 0) is 6.54 Å². The molecule has 1 aromatic rings. The lowest BCUT2D eigenvalue weighted by Crippen LogP contribution is -2.62. The second kappa shape index (κ2) is 5.26. The summed E-state index contributed by atoms with van der Waals surface area (Å²) in [6, 6.07) is 9.61. The molecule has 3 rings (SSSR count). The third-order valence-corrected chi connectivity index (χ3v) is 4.93. The molecule has 2 fully saturated rings. The fraction of sp³-hybridized carbons (Fsp3) is 0.647. The van der Waals surface area contributed by atoms with E-state index in [-0.39, 0.29) is 0 Å². The molecule has 0 amide bonds. The van der Waals surface area contributed by atoms with E-state index in [2.05, 4.69) is 48.3 Å². The summed E-state index contributed by atoms with van der Waals surface area (Å²) in [6.45, 7) is 8.01. The molecule has 104 valence electrons. The van der Waals surface area contributed by atoms with Gasteiger partial charge in [-0.3, -0.25) is 4.90 Å². The Hall–Kier alpha value is -0.860. The number of benzene rings is 1. The molecule has 1 saturated heterocycles. The van der Waals surface area contributed by atoms with Crippen LogP contribution >= 0.6 is 0 Å². The molecule has 2 nitrogen and oxygen atoms in total. The van der Waals surface area contributed by atoms with Crippen LogP contribution in [0.15, 0.2) is 24.3 Å². The second-order valence-corrected chi connectivity index (χ2v) is 6.61. The molecule has 1 aliphatic heterocycles. The average Bonchev–Trinajstić information content (AvgIpc) is 2.83. The van der Waals surface area contributed by atoms with Gasteiger partial charge in [0.15, 0.2) is 0 Å². The summed E-state index contributed by atoms with van der Waals surface area (Å²) < 4.78 is 0. The van der Waals surface area contributed by atoms with E-state index in [1.54, 1.807) is 0 Å². The molecule has 2 aliphatic rings. The molecule has 1 unspecified atom stereocenters. The van der Waals surface area contributed by atoms with Crippen molar-refractivity contribution in [2.24, 2.45) is 0 Å². The highest BCUT2D eigenvalue weighted by Gasteiger charge is 2.39. The van der Waals surface area contributed by atoms with E-state index in [0.29, 0.717) is 11.6 Å². The summed E-state index contributed by atoms with van der Waals surface area (Å²) in [6.07, 6.45) is 5.54. The first-order chi connectivity index (χ1) is 9.17. The maximum atomic E-state index is 3.83. The molecule has 1 N–H and O–H groups in total. The standard InChI is InChI=1S/C17H26N2/c1-14-6-5-7-16(10-14)12-19-13-17(8-3-4-9-17)18-11-15(19)2/h5-7,10,15,18H,3-4,8-9,11-13H2,1-2H3. The number of piperazine rings is 1. The zero-order valence-corrected chi connectivity index (χ0v) is 12.3. The summed E-state index contributed by atoms with van der Waals surface area (Å²) in [5, 5.41) is 3.83. The smallest absolute Gasteiger partial charge is 0.0309 e. The fourth-order valence-corrected chi connectivity index (χ4v) is 3.74. The molecule has 0 aromatic heterocycles. The number of hydrogen-bond donors (Lipinski definition) is 1. The van der Waals surface area contributed by atoms with E-state index in [0.717, 1.165) is 13.1 Å². The van der Waals surface area contributed by atoms with Gasteiger partial charge < -0.3 is 5.32 Å². The van der Waals surface area contributed by atoms with Crippen molar-refractivity contribution in [2.75, 3.05) is 13.1 Å². The van der Waals surface area contributed by atoms with Gasteiger partial charge in [0.2, 0.25) is 0 Å². The molecular weight excluding hydrogens is 232 g/mol. The van der Waals surface area contributed by atoms with E-state index in [1.165, 1.54) is 43.4 Å². The first kappa shape index (κ1) is 13.1. The van der Waals surface area contributed by atoms with Gasteiger partial charge in [-0.25, -0.2) is 0 Å². The Morgan fingerprint density at radius 3 is 2.84 bits per heavy atom. The SMILES string of the molecule is Cc1cccc(CN2CC3(CCCC3)NCC2C)c1. The minimum absolute atomic E-state index is 0.427. The van der Waals surface area contributed by atoms with Gasteiger partial charge in [0.1, 0.15) is 0 Å². The summed E-state index contributed by atoms with van der Waals surface area (Å²) in [4.78, 5) is 2.68. The maximum absolute atomic E-state index is 3.83. The van der Waals surface area contributed by atoms with Gasteiger partial charge >= 0.3 is 0 Å². The molecule has 0 bridgehead atoms. The van der Waals surface area contributed by atoms with Gasteiger partial charge in [0, 0.05) is 31.2 Å². The van der Waals surface area contributed by atoms with E-state index in [9.17, 15) is 0 Å². The van der Waals surface area contributed by atoms with Crippen LogP contribution < -0.4 is 5.32 Å². The van der Waals surface area contributed by atoms with Gasteiger partial charge in [-0.1, -0.05) is 42.7 Å². The van der Waals surface area contributed by atoms with Gasteiger partial charge in [-0.2, -0.15) is 0 Å². The minimum Gasteiger partial charge on any atom is -0.308 e. The van der Waals surface area contributed by atoms with Crippen molar-refractivity contribution in [3.8, 4) is 0 Å². The summed E-state index contributed by atoms with van der Waals surface area (Å²) in [5.41, 5.74) is 3.26. The van der Waals surface area contributed by atoms with Crippen LogP contribution in [0, 0.1) is 6.92 Å². The lowest BCUT2D eigenvalue weighted by molar-refractivity contribution is 0.0826. The normalized spacial score (nSPS) is 26.9. The van der Waals surface area contributed by atoms with Crippen LogP contribution in [0.4, 0.5) is 0 Å². The van der Waals surface area contributed by atoms with E-state index in [1.807, 2.05) is 0 Å². The van der Waals surface area contributed by atoms with Crippen molar-refractivity contribution in [1.82, 2.24) is 10.2 Å². The first-order valence-electron chi connectivity index (χ1n) is 7.72. The number of nitrogens with one attached hydrogen (secondary N) is 1. The van der Waals surface area contributed by atoms with Crippen molar-refractivity contribution >= 4 is 0 Å². The topological polar surface area (TPSA) is 15.3 Å². The van der Waals surface area contributed by atoms with E-state index in [4.69, 9.17) is 0 Å². The van der Waals surface area contributed by atoms with E-state index >= 15 is 0 Å². The molecule has 19 heavy (non-hydrogen) atoms. The molecule has 1 atom stereocenters. The molecule has 1 saturated carbocycles. The van der Waals surface area contributed by atoms with Crippen molar-refractivity contribution in [2.45, 2.75) is 57.7 Å². The molecule has 0 radical (unpaired) electrons. The van der Waals surface area contributed by atoms with Crippen molar-refractivity contribution in [3.05, 3.63) is 35.4 Å². The fourth-order valence-electron chi connectivity index (χ4n) is 3.74. The highest BCUT2D eigenvalue weighted by molar-refractivity contribution is 5.22. The number of aryl methyl sites for hydroxylation is 1. The van der Waals surface area contributed by atoms with Gasteiger partial charge in [0.05, 0.1) is 0 Å². The number of nitrogens with zero attached hydrogens (tertiary/aromatic N) is 1. The lowest BCUT2D eigenvalue weighted by Gasteiger charge is -2.45. The quantitative estimate of drug-likeness (QED) is 0.877. The molecule has 1 heterocycles. The van der Waals surface area contributed by atoms with Gasteiger partial charge in [0.25, 0.3) is 0 Å². The van der Waals surface area contributed by atoms with Gasteiger partial charge in [-0.15, -0.1) is 0 Å². The van der Waals surface area contributed by atoms with E-state index < -0.39 is 0 Å². The van der Waals surface area contributed by atoms with Crippen molar-refractivity contribution in [1.29, 1.82) is 0 Å². The van der Waals surface area contributed by atoms with Crippen LogP contribution in [-0.4, -0.2) is 29.6 Å². The molecule has 1 aliphatic carbocycles. The largest absolute Gasteiger partial charge is 0.308 e. The Balaban J connectivity index is 1.71. The number of rotatable bonds is 2. The Labute approximate surface area is 117 Å². The maximum Gasteiger partial charge on any atom is 0.0309 e. The predicted octanol–water partition coefficient (Wildman–Crippen LogP) is 3.10. The summed E-state index contributed by atoms with van der Waals surface area (Å²) in [5.74, 6) is 0. The molecule has 1 spiro atoms. The molecule has 1 aromatic carbocycles. The van der Waals surface area contributed by atoms with Crippen LogP contribution in [0.25, 0.3) is 0 Å². The first-order valence-corrected chi connectivity index (χ1v) is 7.72. The monoisotopic (exact) mass is 258 g/mol. The Morgan fingerprint density at radius 1 is 1.32 bits per heavy atom. The minimum atomic E-state index is 0.427. The summed E-state index contributed by atoms with van der Waals surface area (Å²) >= 11 is 0. The molecule has 2 heteroatoms. The summed E-state index contributed by atoms with van der Waals surface area (Å²) in [7, 11) is 0. The third-order valence-electron chi connectivity index (χ3n) is 4.93. The number of hydrogen-bond acceptors (Lipinski definition) is 2. The van der Waals surface area contributed by atoms with Crippen LogP contribution in [0.1, 0.15) is 43.7 Å². The van der Waals surface area contributed by atoms with Crippen LogP contribution in [0.2, 0.25) is 0 Å². The predicted molar refractivity (Wildman–Crippen MR) is 80.3 cm³/mol. The lowest BCUT2D eigenvalue weighted by atomic mass is 9.92. The van der Waals surface area contributed by atoms with Crippen molar-refractivity contribution in [3.63, 3.8) is 0 Å². The highest BCUT2D eigenvalue weighted by atomic mass is 15.2. The Kier molecular flexibility index (Phi) is 3.64. The zero-order chi connectivity index (χ0) is 13.3. The average molecular weight is 258 g/mol. The second-order valence-electron chi connectivity index (χ2n) is 6.61. The zero-order valence-electron chi connectivity index (χ0n) is 12.3. The Morgan fingerprint density at radius 2 is 2.11 bits per heavy atom. The third kappa shape index (κ3) is 2.85. The molecular formula is C17H26N2. The van der Waals surface area contributed by atoms with Crippen molar-refractivity contribution < 1.29 is 0 Å². The van der Waals surface area contributed by atoms with Crippen LogP contribution in [0.5, 0.6) is 0 Å². The van der Waals surface area contributed by atoms with Crippen LogP contribution in [0.3, 0.4) is 0 Å². The Bertz CT molecular complexity index is 435. The highest BCUT2D eigenvalue weighted by Crippen LogP contribution is 2.33. The van der Waals surface area contributed by atoms with Gasteiger partial charge in [-0.05, 0) is 32.3 Å².